The zero-order valence-corrected chi connectivity index (χ0v) is 11.2. The van der Waals surface area contributed by atoms with Crippen LogP contribution in [0.15, 0.2) is 54.7 Å². The fraction of sp³-hybridized carbons (Fsp3) is 0.176. The number of hydrogen-bond acceptors (Lipinski definition) is 1. The zero-order valence-electron chi connectivity index (χ0n) is 11.2. The van der Waals surface area contributed by atoms with Crippen LogP contribution in [0, 0.1) is 5.82 Å². The maximum Gasteiger partial charge on any atom is 0.123 e. The number of aliphatic hydroxyl groups is 1. The zero-order chi connectivity index (χ0) is 14.2. The largest absolute Gasteiger partial charge is 0.380 e. The average Bonchev–Trinajstić information content (AvgIpc) is 2.94. The van der Waals surface area contributed by atoms with Crippen LogP contribution in [-0.2, 0) is 5.60 Å². The van der Waals surface area contributed by atoms with Gasteiger partial charge in [-0.05, 0) is 41.8 Å². The maximum absolute atomic E-state index is 13.5. The van der Waals surface area contributed by atoms with Gasteiger partial charge in [-0.1, -0.05) is 31.2 Å². The Labute approximate surface area is 116 Å². The van der Waals surface area contributed by atoms with Crippen molar-refractivity contribution in [3.8, 4) is 0 Å². The highest BCUT2D eigenvalue weighted by molar-refractivity contribution is 5.84. The summed E-state index contributed by atoms with van der Waals surface area (Å²) in [6.45, 7) is 1.90. The van der Waals surface area contributed by atoms with Gasteiger partial charge in [0.15, 0.2) is 0 Å². The topological polar surface area (TPSA) is 36.0 Å². The van der Waals surface area contributed by atoms with Gasteiger partial charge in [0, 0.05) is 17.1 Å². The summed E-state index contributed by atoms with van der Waals surface area (Å²) >= 11 is 0. The minimum Gasteiger partial charge on any atom is -0.380 e. The number of benzene rings is 2. The lowest BCUT2D eigenvalue weighted by Gasteiger charge is -2.29. The van der Waals surface area contributed by atoms with Crippen LogP contribution in [0.1, 0.15) is 24.5 Å². The fourth-order valence-corrected chi connectivity index (χ4v) is 2.74. The minimum absolute atomic E-state index is 0.337. The first kappa shape index (κ1) is 12.9. The highest BCUT2D eigenvalue weighted by atomic mass is 19.1. The lowest BCUT2D eigenvalue weighted by atomic mass is 9.82. The summed E-state index contributed by atoms with van der Waals surface area (Å²) in [6, 6.07) is 13.9. The number of halogens is 1. The van der Waals surface area contributed by atoms with Gasteiger partial charge in [0.25, 0.3) is 0 Å². The molecule has 0 aliphatic heterocycles. The second kappa shape index (κ2) is 4.76. The number of aromatic nitrogens is 1. The van der Waals surface area contributed by atoms with Crippen molar-refractivity contribution in [2.75, 3.05) is 0 Å². The van der Waals surface area contributed by atoms with Gasteiger partial charge in [-0.2, -0.15) is 0 Å². The van der Waals surface area contributed by atoms with Crippen molar-refractivity contribution < 1.29 is 9.50 Å². The molecule has 0 saturated carbocycles. The highest BCUT2D eigenvalue weighted by Gasteiger charge is 2.31. The van der Waals surface area contributed by atoms with Gasteiger partial charge in [-0.15, -0.1) is 0 Å². The molecule has 0 saturated heterocycles. The van der Waals surface area contributed by atoms with E-state index in [0.29, 0.717) is 12.0 Å². The van der Waals surface area contributed by atoms with E-state index in [-0.39, 0.29) is 5.82 Å². The Morgan fingerprint density at radius 1 is 1.15 bits per heavy atom. The predicted octanol–water partition coefficient (Wildman–Crippen LogP) is 3.95. The molecule has 2 aromatic carbocycles. The van der Waals surface area contributed by atoms with Gasteiger partial charge in [0.05, 0.1) is 0 Å². The first-order chi connectivity index (χ1) is 9.65. The van der Waals surface area contributed by atoms with Crippen LogP contribution in [-0.4, -0.2) is 10.1 Å². The Balaban J connectivity index is 2.25. The van der Waals surface area contributed by atoms with Gasteiger partial charge in [-0.3, -0.25) is 0 Å². The van der Waals surface area contributed by atoms with E-state index in [0.717, 1.165) is 16.5 Å². The molecule has 102 valence electrons. The van der Waals surface area contributed by atoms with Crippen molar-refractivity contribution in [3.05, 3.63) is 71.7 Å². The molecule has 3 rings (SSSR count). The van der Waals surface area contributed by atoms with E-state index in [4.69, 9.17) is 0 Å². The quantitative estimate of drug-likeness (QED) is 0.742. The van der Waals surface area contributed by atoms with Crippen LogP contribution in [0.5, 0.6) is 0 Å². The second-order valence-corrected chi connectivity index (χ2v) is 4.97. The van der Waals surface area contributed by atoms with E-state index in [1.165, 1.54) is 12.1 Å². The molecule has 3 heteroatoms. The first-order valence-electron chi connectivity index (χ1n) is 6.70. The van der Waals surface area contributed by atoms with Crippen molar-refractivity contribution in [2.24, 2.45) is 0 Å². The smallest absolute Gasteiger partial charge is 0.123 e. The maximum atomic E-state index is 13.5. The number of H-pyrrole nitrogens is 1. The van der Waals surface area contributed by atoms with Crippen molar-refractivity contribution >= 4 is 10.9 Å². The lowest BCUT2D eigenvalue weighted by molar-refractivity contribution is 0.0777. The van der Waals surface area contributed by atoms with Crippen LogP contribution in [0.3, 0.4) is 0 Å². The number of aromatic amines is 1. The third-order valence-electron chi connectivity index (χ3n) is 3.85. The molecule has 2 nitrogen and oxygen atoms in total. The van der Waals surface area contributed by atoms with E-state index in [1.807, 2.05) is 37.4 Å². The second-order valence-electron chi connectivity index (χ2n) is 4.97. The van der Waals surface area contributed by atoms with Crippen molar-refractivity contribution in [1.82, 2.24) is 4.98 Å². The molecular formula is C17H16FNO. The molecule has 20 heavy (non-hydrogen) atoms. The van der Waals surface area contributed by atoms with E-state index >= 15 is 0 Å². The van der Waals surface area contributed by atoms with Crippen LogP contribution in [0.4, 0.5) is 4.39 Å². The first-order valence-corrected chi connectivity index (χ1v) is 6.70. The fourth-order valence-electron chi connectivity index (χ4n) is 2.74. The molecule has 1 heterocycles. The third kappa shape index (κ3) is 1.91. The standard InChI is InChI=1S/C17H16FNO/c1-2-17(20,12-5-3-6-13(18)11-12)15-7-4-8-16-14(15)9-10-19-16/h3-11,19-20H,2H2,1H3. The van der Waals surface area contributed by atoms with Crippen LogP contribution in [0.25, 0.3) is 10.9 Å². The molecule has 0 fully saturated rings. The molecule has 1 atom stereocenters. The molecule has 0 bridgehead atoms. The van der Waals surface area contributed by atoms with Gasteiger partial charge in [0.1, 0.15) is 11.4 Å². The van der Waals surface area contributed by atoms with E-state index in [1.54, 1.807) is 12.1 Å². The number of rotatable bonds is 3. The summed E-state index contributed by atoms with van der Waals surface area (Å²) < 4.78 is 13.5. The number of hydrogen-bond donors (Lipinski definition) is 2. The van der Waals surface area contributed by atoms with Crippen molar-refractivity contribution in [1.29, 1.82) is 0 Å². The van der Waals surface area contributed by atoms with E-state index < -0.39 is 5.60 Å². The van der Waals surface area contributed by atoms with Gasteiger partial charge in [0.2, 0.25) is 0 Å². The van der Waals surface area contributed by atoms with Crippen LogP contribution >= 0.6 is 0 Å². The van der Waals surface area contributed by atoms with Gasteiger partial charge in [-0.25, -0.2) is 4.39 Å². The summed E-state index contributed by atoms with van der Waals surface area (Å²) in [5, 5.41) is 12.1. The summed E-state index contributed by atoms with van der Waals surface area (Å²) in [5.74, 6) is -0.337. The van der Waals surface area contributed by atoms with Crippen molar-refractivity contribution in [3.63, 3.8) is 0 Å². The number of nitrogens with one attached hydrogen (secondary N) is 1. The molecule has 0 spiro atoms. The monoisotopic (exact) mass is 269 g/mol. The highest BCUT2D eigenvalue weighted by Crippen LogP contribution is 2.37. The Bertz CT molecular complexity index is 749. The van der Waals surface area contributed by atoms with Crippen LogP contribution < -0.4 is 0 Å². The minimum atomic E-state index is -1.19. The molecule has 0 aliphatic carbocycles. The summed E-state index contributed by atoms with van der Waals surface area (Å²) in [4.78, 5) is 3.13. The predicted molar refractivity (Wildman–Crippen MR) is 78.0 cm³/mol. The number of fused-ring (bicyclic) bond motifs is 1. The Kier molecular flexibility index (Phi) is 3.07. The summed E-state index contributed by atoms with van der Waals surface area (Å²) in [5.41, 5.74) is 1.15. The lowest BCUT2D eigenvalue weighted by Crippen LogP contribution is -2.26. The Hall–Kier alpha value is -2.13. The third-order valence-corrected chi connectivity index (χ3v) is 3.85. The van der Waals surface area contributed by atoms with Gasteiger partial charge < -0.3 is 10.1 Å². The van der Waals surface area contributed by atoms with E-state index in [2.05, 4.69) is 4.98 Å². The Morgan fingerprint density at radius 3 is 2.70 bits per heavy atom. The molecule has 0 amide bonds. The molecule has 2 N–H and O–H groups in total. The summed E-state index contributed by atoms with van der Waals surface area (Å²) in [6.07, 6.45) is 2.32. The Morgan fingerprint density at radius 2 is 1.95 bits per heavy atom. The molecule has 0 radical (unpaired) electrons. The molecule has 1 aromatic heterocycles. The normalized spacial score (nSPS) is 14.3. The van der Waals surface area contributed by atoms with E-state index in [9.17, 15) is 9.50 Å². The SMILES string of the molecule is CCC(O)(c1cccc(F)c1)c1cccc2[nH]ccc12. The van der Waals surface area contributed by atoms with Gasteiger partial charge >= 0.3 is 0 Å². The molecular weight excluding hydrogens is 253 g/mol. The van der Waals surface area contributed by atoms with Crippen molar-refractivity contribution in [2.45, 2.75) is 18.9 Å². The average molecular weight is 269 g/mol. The molecule has 3 aromatic rings. The molecule has 1 unspecified atom stereocenters. The summed E-state index contributed by atoms with van der Waals surface area (Å²) in [7, 11) is 0. The van der Waals surface area contributed by atoms with Crippen LogP contribution in [0.2, 0.25) is 0 Å². The molecule has 0 aliphatic rings.